The van der Waals surface area contributed by atoms with Gasteiger partial charge in [0.2, 0.25) is 0 Å². The van der Waals surface area contributed by atoms with Crippen LogP contribution < -0.4 is 10.1 Å². The van der Waals surface area contributed by atoms with Gasteiger partial charge in [-0.05, 0) is 39.7 Å². The average molecular weight is 372 g/mol. The molecule has 0 aliphatic heterocycles. The van der Waals surface area contributed by atoms with Gasteiger partial charge in [-0.3, -0.25) is 4.98 Å². The van der Waals surface area contributed by atoms with Gasteiger partial charge in [0.25, 0.3) is 0 Å². The smallest absolute Gasteiger partial charge is 0.146 e. The van der Waals surface area contributed by atoms with Crippen LogP contribution in [0.25, 0.3) is 0 Å². The van der Waals surface area contributed by atoms with E-state index in [0.29, 0.717) is 29.7 Å². The van der Waals surface area contributed by atoms with E-state index >= 15 is 0 Å². The Kier molecular flexibility index (Phi) is 6.45. The van der Waals surface area contributed by atoms with Gasteiger partial charge in [0.1, 0.15) is 11.5 Å². The van der Waals surface area contributed by atoms with Crippen LogP contribution in [0.1, 0.15) is 5.56 Å². The van der Waals surface area contributed by atoms with Gasteiger partial charge in [0.15, 0.2) is 0 Å². The molecule has 0 saturated heterocycles. The lowest BCUT2D eigenvalue weighted by molar-refractivity contribution is 0.199. The highest BCUT2D eigenvalue weighted by Gasteiger charge is 2.04. The minimum absolute atomic E-state index is 0.659. The number of pyridine rings is 1. The lowest BCUT2D eigenvalue weighted by Gasteiger charge is -2.10. The Morgan fingerprint density at radius 1 is 1.24 bits per heavy atom. The maximum Gasteiger partial charge on any atom is 0.146 e. The van der Waals surface area contributed by atoms with E-state index in [1.807, 2.05) is 18.2 Å². The molecule has 0 fully saturated rings. The molecule has 0 unspecified atom stereocenters. The molecular weight excluding hydrogens is 356 g/mol. The molecule has 0 atom stereocenters. The lowest BCUT2D eigenvalue weighted by Crippen LogP contribution is -2.18. The molecule has 1 aromatic heterocycles. The fourth-order valence-corrected chi connectivity index (χ4v) is 2.30. The number of hydrogen-bond acceptors (Lipinski definition) is 4. The molecule has 21 heavy (non-hydrogen) atoms. The molecule has 0 spiro atoms. The highest BCUT2D eigenvalue weighted by molar-refractivity contribution is 9.10. The number of rotatable bonds is 7. The summed E-state index contributed by atoms with van der Waals surface area (Å²) < 4.78 is 11.6. The number of aromatic nitrogens is 1. The van der Waals surface area contributed by atoms with E-state index in [0.717, 1.165) is 16.6 Å². The van der Waals surface area contributed by atoms with Crippen molar-refractivity contribution in [3.63, 3.8) is 0 Å². The van der Waals surface area contributed by atoms with E-state index in [2.05, 4.69) is 26.2 Å². The van der Waals surface area contributed by atoms with Crippen molar-refractivity contribution in [3.05, 3.63) is 51.7 Å². The molecule has 1 N–H and O–H groups in total. The number of nitrogens with zero attached hydrogens (tertiary/aromatic N) is 1. The molecule has 1 aromatic carbocycles. The van der Waals surface area contributed by atoms with Crippen molar-refractivity contribution in [1.29, 1.82) is 0 Å². The van der Waals surface area contributed by atoms with E-state index < -0.39 is 0 Å². The van der Waals surface area contributed by atoms with Crippen LogP contribution in [-0.4, -0.2) is 25.2 Å². The molecule has 1 heterocycles. The predicted molar refractivity (Wildman–Crippen MR) is 87.0 cm³/mol. The second-order valence-electron chi connectivity index (χ2n) is 4.36. The molecule has 0 aliphatic rings. The molecule has 2 aromatic rings. The summed E-state index contributed by atoms with van der Waals surface area (Å²) in [5, 5.41) is 3.92. The summed E-state index contributed by atoms with van der Waals surface area (Å²) in [4.78, 5) is 4.05. The monoisotopic (exact) mass is 370 g/mol. The Hall–Kier alpha value is -1.14. The Balaban J connectivity index is 1.98. The number of benzene rings is 1. The van der Waals surface area contributed by atoms with Crippen molar-refractivity contribution in [1.82, 2.24) is 10.3 Å². The quantitative estimate of drug-likeness (QED) is 0.746. The van der Waals surface area contributed by atoms with Crippen LogP contribution >= 0.6 is 27.5 Å². The normalized spacial score (nSPS) is 10.6. The first kappa shape index (κ1) is 16.2. The summed E-state index contributed by atoms with van der Waals surface area (Å²) in [6.07, 6.45) is 3.35. The third kappa shape index (κ3) is 5.28. The highest BCUT2D eigenvalue weighted by Crippen LogP contribution is 2.27. The van der Waals surface area contributed by atoms with Crippen LogP contribution in [0, 0.1) is 0 Å². The number of methoxy groups -OCH3 is 1. The first-order valence-electron chi connectivity index (χ1n) is 6.45. The van der Waals surface area contributed by atoms with Gasteiger partial charge in [0.05, 0.1) is 12.8 Å². The van der Waals surface area contributed by atoms with Crippen LogP contribution in [-0.2, 0) is 11.3 Å². The van der Waals surface area contributed by atoms with Crippen LogP contribution in [0.15, 0.2) is 41.1 Å². The van der Waals surface area contributed by atoms with Crippen LogP contribution in [0.4, 0.5) is 0 Å². The second kappa shape index (κ2) is 8.34. The molecule has 4 nitrogen and oxygen atoms in total. The lowest BCUT2D eigenvalue weighted by atomic mass is 10.2. The fraction of sp³-hybridized carbons (Fsp3) is 0.267. The van der Waals surface area contributed by atoms with Crippen molar-refractivity contribution < 1.29 is 9.47 Å². The zero-order chi connectivity index (χ0) is 15.1. The van der Waals surface area contributed by atoms with E-state index in [9.17, 15) is 0 Å². The Morgan fingerprint density at radius 3 is 2.81 bits per heavy atom. The Bertz CT molecular complexity index is 596. The second-order valence-corrected chi connectivity index (χ2v) is 5.69. The first-order chi connectivity index (χ1) is 10.2. The van der Waals surface area contributed by atoms with Gasteiger partial charge in [-0.2, -0.15) is 0 Å². The van der Waals surface area contributed by atoms with E-state index in [1.165, 1.54) is 0 Å². The molecule has 112 valence electrons. The maximum absolute atomic E-state index is 6.26. The Labute approximate surface area is 137 Å². The number of hydrogen-bond donors (Lipinski definition) is 1. The van der Waals surface area contributed by atoms with E-state index in [4.69, 9.17) is 21.1 Å². The maximum atomic E-state index is 6.26. The molecule has 0 bridgehead atoms. The van der Waals surface area contributed by atoms with Crippen LogP contribution in [0.2, 0.25) is 5.02 Å². The number of nitrogens with one attached hydrogen (secondary N) is 1. The minimum atomic E-state index is 0.659. The number of halogens is 2. The van der Waals surface area contributed by atoms with Crippen LogP contribution in [0.5, 0.6) is 11.5 Å². The Morgan fingerprint density at radius 2 is 2.10 bits per heavy atom. The SMILES string of the molecule is COCCNCc1ccc(Oc2cncc(Br)c2)cc1Cl. The third-order valence-corrected chi connectivity index (χ3v) is 3.52. The van der Waals surface area contributed by atoms with Crippen molar-refractivity contribution in [3.8, 4) is 11.5 Å². The average Bonchev–Trinajstić information content (AvgIpc) is 2.45. The van der Waals surface area contributed by atoms with Crippen LogP contribution in [0.3, 0.4) is 0 Å². The summed E-state index contributed by atoms with van der Waals surface area (Å²) in [7, 11) is 1.68. The van der Waals surface area contributed by atoms with Crippen molar-refractivity contribution in [2.75, 3.05) is 20.3 Å². The molecule has 0 aliphatic carbocycles. The van der Waals surface area contributed by atoms with E-state index in [-0.39, 0.29) is 0 Å². The highest BCUT2D eigenvalue weighted by atomic mass is 79.9. The molecule has 0 amide bonds. The van der Waals surface area contributed by atoms with Gasteiger partial charge >= 0.3 is 0 Å². The zero-order valence-electron chi connectivity index (χ0n) is 11.6. The molecule has 6 heteroatoms. The molecule has 2 rings (SSSR count). The molecule has 0 radical (unpaired) electrons. The largest absolute Gasteiger partial charge is 0.456 e. The van der Waals surface area contributed by atoms with Crippen molar-refractivity contribution >= 4 is 27.5 Å². The first-order valence-corrected chi connectivity index (χ1v) is 7.62. The van der Waals surface area contributed by atoms with Gasteiger partial charge < -0.3 is 14.8 Å². The van der Waals surface area contributed by atoms with Crippen molar-refractivity contribution in [2.45, 2.75) is 6.54 Å². The predicted octanol–water partition coefficient (Wildman–Crippen LogP) is 4.03. The van der Waals surface area contributed by atoms with Crippen molar-refractivity contribution in [2.24, 2.45) is 0 Å². The summed E-state index contributed by atoms with van der Waals surface area (Å²) >= 11 is 9.62. The molecule has 0 saturated carbocycles. The summed E-state index contributed by atoms with van der Waals surface area (Å²) in [5.74, 6) is 1.34. The van der Waals surface area contributed by atoms with E-state index in [1.54, 1.807) is 25.6 Å². The van der Waals surface area contributed by atoms with Gasteiger partial charge in [-0.25, -0.2) is 0 Å². The topological polar surface area (TPSA) is 43.4 Å². The molecular formula is C15H16BrClN2O2. The number of ether oxygens (including phenoxy) is 2. The summed E-state index contributed by atoms with van der Waals surface area (Å²) in [6.45, 7) is 2.16. The fourth-order valence-electron chi connectivity index (χ4n) is 1.72. The summed E-state index contributed by atoms with van der Waals surface area (Å²) in [5.41, 5.74) is 1.02. The minimum Gasteiger partial charge on any atom is -0.456 e. The zero-order valence-corrected chi connectivity index (χ0v) is 13.9. The van der Waals surface area contributed by atoms with Gasteiger partial charge in [-0.1, -0.05) is 17.7 Å². The van der Waals surface area contributed by atoms with Gasteiger partial charge in [0, 0.05) is 35.9 Å². The third-order valence-electron chi connectivity index (χ3n) is 2.74. The summed E-state index contributed by atoms with van der Waals surface area (Å²) in [6, 6.07) is 7.49. The van der Waals surface area contributed by atoms with Gasteiger partial charge in [-0.15, -0.1) is 0 Å². The standard InChI is InChI=1S/C15H16BrClN2O2/c1-20-5-4-18-8-11-2-3-13(7-15(11)17)21-14-6-12(16)9-19-10-14/h2-3,6-7,9-10,18H,4-5,8H2,1H3.